The molecule has 3 amide bonds. The van der Waals surface area contributed by atoms with Crippen molar-refractivity contribution in [2.45, 2.75) is 122 Å². The third-order valence-electron chi connectivity index (χ3n) is 11.7. The lowest BCUT2D eigenvalue weighted by Gasteiger charge is -2.50. The number of aliphatic hydroxyl groups is 4. The summed E-state index contributed by atoms with van der Waals surface area (Å²) in [5.74, 6) is -1.39. The first kappa shape index (κ1) is 54.6. The molecule has 1 aliphatic heterocycles. The van der Waals surface area contributed by atoms with E-state index in [-0.39, 0.29) is 71.8 Å². The molecule has 0 radical (unpaired) electrons. The Labute approximate surface area is 373 Å². The van der Waals surface area contributed by atoms with E-state index in [9.17, 15) is 44.9 Å². The van der Waals surface area contributed by atoms with Gasteiger partial charge < -0.3 is 60.2 Å². The summed E-state index contributed by atoms with van der Waals surface area (Å²) in [6, 6.07) is 6.72. The third-order valence-corrected chi connectivity index (χ3v) is 14.0. The Hall–Kier alpha value is -3.57. The van der Waals surface area contributed by atoms with E-state index in [1.165, 1.54) is 28.5 Å². The van der Waals surface area contributed by atoms with E-state index in [1.807, 2.05) is 32.0 Å². The maximum atomic E-state index is 14.5. The highest BCUT2D eigenvalue weighted by Gasteiger charge is 2.59. The largest absolute Gasteiger partial charge is 0.465 e. The van der Waals surface area contributed by atoms with Gasteiger partial charge in [0.15, 0.2) is 6.29 Å². The van der Waals surface area contributed by atoms with Gasteiger partial charge in [-0.2, -0.15) is 5.26 Å². The number of nitrogens with zero attached hydrogens (tertiary/aromatic N) is 3. The van der Waals surface area contributed by atoms with E-state index >= 15 is 0 Å². The van der Waals surface area contributed by atoms with Crippen LogP contribution in [0.5, 0.6) is 0 Å². The van der Waals surface area contributed by atoms with E-state index in [4.69, 9.17) is 25.5 Å². The molecule has 1 saturated heterocycles. The van der Waals surface area contributed by atoms with E-state index < -0.39 is 88.1 Å². The predicted octanol–water partition coefficient (Wildman–Crippen LogP) is 2.39. The van der Waals surface area contributed by atoms with Crippen molar-refractivity contribution in [1.82, 2.24) is 20.9 Å². The van der Waals surface area contributed by atoms with Gasteiger partial charge in [0, 0.05) is 51.7 Å². The lowest BCUT2D eigenvalue weighted by Crippen LogP contribution is -2.64. The molecular weight excluding hydrogens is 845 g/mol. The number of hydrogen-bond acceptors (Lipinski definition) is 16. The lowest BCUT2D eigenvalue weighted by atomic mass is 9.52. The summed E-state index contributed by atoms with van der Waals surface area (Å²) in [4.78, 5) is 61.1. The van der Waals surface area contributed by atoms with Crippen LogP contribution < -0.4 is 16.0 Å². The molecule has 3 unspecified atom stereocenters. The number of esters is 1. The quantitative estimate of drug-likeness (QED) is 0.0289. The monoisotopic (exact) mass is 910 g/mol. The molecule has 0 saturated carbocycles. The summed E-state index contributed by atoms with van der Waals surface area (Å²) in [6.45, 7) is 20.6. The zero-order valence-corrected chi connectivity index (χ0v) is 38.7. The maximum Gasteiger partial charge on any atom is 0.306 e. The molecule has 1 aliphatic rings. The molecule has 8 atom stereocenters. The molecule has 2 heterocycles. The fourth-order valence-corrected chi connectivity index (χ4v) is 8.93. The molecule has 18 nitrogen and oxygen atoms in total. The fraction of sp³-hybridized carbons (Fsp3) is 0.738. The second-order valence-corrected chi connectivity index (χ2v) is 19.6. The van der Waals surface area contributed by atoms with E-state index in [1.54, 1.807) is 40.8 Å². The molecule has 20 heteroatoms. The van der Waals surface area contributed by atoms with Gasteiger partial charge in [-0.15, -0.1) is 0 Å². The average Bonchev–Trinajstić information content (AvgIpc) is 3.23. The number of nitrogens with one attached hydrogen (secondary N) is 3. The van der Waals surface area contributed by atoms with Gasteiger partial charge in [-0.25, -0.2) is 11.6 Å². The van der Waals surface area contributed by atoms with Crippen molar-refractivity contribution < 1.29 is 58.6 Å². The number of carbonyl (C=O) groups is 4. The van der Waals surface area contributed by atoms with Gasteiger partial charge in [-0.05, 0) is 62.5 Å². The van der Waals surface area contributed by atoms with E-state index in [2.05, 4.69) is 31.8 Å². The number of nitriles is 1. The van der Waals surface area contributed by atoms with Crippen LogP contribution in [-0.4, -0.2) is 144 Å². The zero-order chi connectivity index (χ0) is 46.8. The minimum absolute atomic E-state index is 0.00801. The van der Waals surface area contributed by atoms with Crippen molar-refractivity contribution in [3.05, 3.63) is 35.8 Å². The number of aromatic nitrogens is 1. The Morgan fingerprint density at radius 2 is 1.63 bits per heavy atom. The molecule has 1 aromatic heterocycles. The molecule has 0 spiro atoms. The fourth-order valence-electron chi connectivity index (χ4n) is 7.23. The normalized spacial score (nSPS) is 22.1. The summed E-state index contributed by atoms with van der Waals surface area (Å²) in [6.07, 6.45) is -3.61. The Kier molecular flexibility index (Phi) is 22.1. The molecule has 0 aromatic carbocycles. The molecule has 0 aliphatic carbocycles. The summed E-state index contributed by atoms with van der Waals surface area (Å²) in [7, 11) is 2.96. The van der Waals surface area contributed by atoms with Crippen LogP contribution in [0.1, 0.15) is 81.1 Å². The lowest BCUT2D eigenvalue weighted by molar-refractivity contribution is -0.272. The summed E-state index contributed by atoms with van der Waals surface area (Å²) >= 11 is 0. The first-order valence-corrected chi connectivity index (χ1v) is 22.8. The van der Waals surface area contributed by atoms with Crippen LogP contribution in [-0.2, 0) is 38.1 Å². The van der Waals surface area contributed by atoms with Crippen molar-refractivity contribution in [2.24, 2.45) is 21.7 Å². The van der Waals surface area contributed by atoms with Gasteiger partial charge in [0.1, 0.15) is 36.0 Å². The second-order valence-electron chi connectivity index (χ2n) is 17.2. The van der Waals surface area contributed by atoms with Crippen molar-refractivity contribution in [2.75, 3.05) is 58.5 Å². The van der Waals surface area contributed by atoms with Crippen molar-refractivity contribution in [1.29, 1.82) is 5.26 Å². The van der Waals surface area contributed by atoms with Crippen LogP contribution in [0.25, 0.3) is 4.85 Å². The highest BCUT2D eigenvalue weighted by molar-refractivity contribution is 8.76. The molecule has 7 N–H and O–H groups in total. The number of amides is 3. The van der Waals surface area contributed by atoms with Gasteiger partial charge in [0.2, 0.25) is 23.3 Å². The summed E-state index contributed by atoms with van der Waals surface area (Å²) in [5.41, 5.74) is -6.30. The number of rotatable bonds is 27. The SMILES string of the molecule is [C-]#[N+]C(C)(CCC(=O)OCCSSc1ccccn1)CC(C)(C(=O)NCCOCCO[C@@H]1O[C@H](CO)[C@H](O)[C@H](O)[C@H]1NC(C)=O)C(C)(C)CC(C)(C(=O)NCCO)C(C)(C)C#N. The van der Waals surface area contributed by atoms with Gasteiger partial charge >= 0.3 is 5.97 Å². The highest BCUT2D eigenvalue weighted by atomic mass is 33.1. The summed E-state index contributed by atoms with van der Waals surface area (Å²) in [5, 5.41) is 59.0. The summed E-state index contributed by atoms with van der Waals surface area (Å²) < 4.78 is 22.4. The molecule has 1 aromatic rings. The molecule has 1 fully saturated rings. The minimum atomic E-state index is -1.47. The standard InChI is InChI=1S/C42H66N6O12S2/c1-28(51)48-32-34(54)33(53)29(24-50)60-35(32)59-21-20-57-19-17-47-37(56)42(8,38(2,3)25-41(7,39(4,5)27-43)36(55)46-16-18-49)26-40(6,44-9)14-13-31(52)58-22-23-61-62-30-12-10-11-15-45-30/h10-12,15,29,32-35,49-50,53-54H,13-14,16-26H2,1-8H3,(H,46,55)(H,47,56)(H,48,51)/t29-,32-,33+,34-,35-,40?,41?,42?/m1/s1. The van der Waals surface area contributed by atoms with Crippen LogP contribution in [0.2, 0.25) is 0 Å². The number of aliphatic hydroxyl groups excluding tert-OH is 4. The van der Waals surface area contributed by atoms with Crippen LogP contribution in [0, 0.1) is 39.6 Å². The molecule has 0 bridgehead atoms. The first-order chi connectivity index (χ1) is 29.1. The predicted molar refractivity (Wildman–Crippen MR) is 232 cm³/mol. The van der Waals surface area contributed by atoms with Crippen LogP contribution in [0.3, 0.4) is 0 Å². The van der Waals surface area contributed by atoms with Crippen molar-refractivity contribution >= 4 is 45.3 Å². The molecular formula is C42H66N6O12S2. The van der Waals surface area contributed by atoms with Gasteiger partial charge in [-0.3, -0.25) is 19.2 Å². The van der Waals surface area contributed by atoms with Crippen molar-refractivity contribution in [3.63, 3.8) is 0 Å². The minimum Gasteiger partial charge on any atom is -0.465 e. The first-order valence-electron chi connectivity index (χ1n) is 20.5. The molecule has 348 valence electrons. The van der Waals surface area contributed by atoms with Crippen LogP contribution in [0.4, 0.5) is 0 Å². The second kappa shape index (κ2) is 25.1. The van der Waals surface area contributed by atoms with Crippen molar-refractivity contribution in [3.8, 4) is 6.07 Å². The maximum absolute atomic E-state index is 14.5. The van der Waals surface area contributed by atoms with Crippen LogP contribution in [0.15, 0.2) is 29.4 Å². The van der Waals surface area contributed by atoms with E-state index in [0.29, 0.717) is 5.75 Å². The number of carbonyl (C=O) groups excluding carboxylic acids is 4. The molecule has 2 rings (SSSR count). The molecule has 62 heavy (non-hydrogen) atoms. The Balaban J connectivity index is 2.21. The van der Waals surface area contributed by atoms with Gasteiger partial charge in [0.25, 0.3) is 0 Å². The number of pyridine rings is 1. The highest BCUT2D eigenvalue weighted by Crippen LogP contribution is 2.56. The average molecular weight is 911 g/mol. The smallest absolute Gasteiger partial charge is 0.306 e. The number of ether oxygens (including phenoxy) is 4. The third kappa shape index (κ3) is 15.3. The number of hydrogen-bond donors (Lipinski definition) is 7. The van der Waals surface area contributed by atoms with E-state index in [0.717, 1.165) is 5.03 Å². The van der Waals surface area contributed by atoms with Crippen LogP contribution >= 0.6 is 21.6 Å². The Morgan fingerprint density at radius 1 is 0.952 bits per heavy atom. The topological polar surface area (TPSA) is 263 Å². The van der Waals surface area contributed by atoms with Gasteiger partial charge in [0.05, 0.1) is 61.8 Å². The Bertz CT molecular complexity index is 1700. The zero-order valence-electron chi connectivity index (χ0n) is 37.1. The van der Waals surface area contributed by atoms with Gasteiger partial charge in [-0.1, -0.05) is 30.7 Å². The Morgan fingerprint density at radius 3 is 2.23 bits per heavy atom.